The summed E-state index contributed by atoms with van der Waals surface area (Å²) in [4.78, 5) is 13.5. The van der Waals surface area contributed by atoms with Crippen molar-refractivity contribution in [1.29, 1.82) is 0 Å². The predicted octanol–water partition coefficient (Wildman–Crippen LogP) is 0.418. The molecule has 0 amide bonds. The Morgan fingerprint density at radius 2 is 2.50 bits per heavy atom. The van der Waals surface area contributed by atoms with Gasteiger partial charge in [-0.2, -0.15) is 4.99 Å². The number of fused-ring (bicyclic) bond motifs is 2. The Bertz CT molecular complexity index is 218. The molecular formula is C7H7NO2. The molecule has 0 aliphatic carbocycles. The maximum Gasteiger partial charge on any atom is 0.235 e. The van der Waals surface area contributed by atoms with Crippen molar-refractivity contribution >= 4 is 6.08 Å². The molecule has 3 heteroatoms. The smallest absolute Gasteiger partial charge is 0.235 e. The van der Waals surface area contributed by atoms with Crippen molar-refractivity contribution in [2.45, 2.75) is 24.7 Å². The first kappa shape index (κ1) is 5.83. The molecule has 1 fully saturated rings. The van der Waals surface area contributed by atoms with Gasteiger partial charge in [0.25, 0.3) is 0 Å². The normalized spacial score (nSPS) is 41.8. The third-order valence-electron chi connectivity index (χ3n) is 1.92. The average molecular weight is 137 g/mol. The van der Waals surface area contributed by atoms with Crippen molar-refractivity contribution in [1.82, 2.24) is 0 Å². The van der Waals surface area contributed by atoms with Crippen LogP contribution in [-0.4, -0.2) is 24.3 Å². The fourth-order valence-corrected chi connectivity index (χ4v) is 1.45. The zero-order chi connectivity index (χ0) is 6.97. The molecule has 0 aromatic heterocycles. The van der Waals surface area contributed by atoms with Crippen LogP contribution >= 0.6 is 0 Å². The van der Waals surface area contributed by atoms with Gasteiger partial charge in [0.1, 0.15) is 0 Å². The zero-order valence-corrected chi connectivity index (χ0v) is 5.36. The minimum absolute atomic E-state index is 0.0347. The van der Waals surface area contributed by atoms with Crippen LogP contribution in [0.1, 0.15) is 6.42 Å². The Hall–Kier alpha value is -0.920. The fourth-order valence-electron chi connectivity index (χ4n) is 1.45. The van der Waals surface area contributed by atoms with E-state index < -0.39 is 0 Å². The van der Waals surface area contributed by atoms with E-state index in [4.69, 9.17) is 4.74 Å². The Morgan fingerprint density at radius 3 is 3.00 bits per heavy atom. The Morgan fingerprint density at radius 1 is 1.60 bits per heavy atom. The lowest BCUT2D eigenvalue weighted by Gasteiger charge is -2.05. The molecule has 3 nitrogen and oxygen atoms in total. The Balaban J connectivity index is 2.16. The van der Waals surface area contributed by atoms with Crippen LogP contribution < -0.4 is 0 Å². The van der Waals surface area contributed by atoms with Crippen molar-refractivity contribution in [3.8, 4) is 0 Å². The summed E-state index contributed by atoms with van der Waals surface area (Å²) in [5.41, 5.74) is 0. The van der Waals surface area contributed by atoms with Gasteiger partial charge in [0.2, 0.25) is 6.08 Å². The minimum atomic E-state index is 0.0347. The molecule has 3 atom stereocenters. The highest BCUT2D eigenvalue weighted by molar-refractivity contribution is 5.35. The number of rotatable bonds is 1. The van der Waals surface area contributed by atoms with Crippen LogP contribution in [0, 0.1) is 0 Å². The number of nitrogens with zero attached hydrogens (tertiary/aromatic N) is 1. The summed E-state index contributed by atoms with van der Waals surface area (Å²) in [6, 6.07) is 0.0347. The molecule has 1 saturated heterocycles. The highest BCUT2D eigenvalue weighted by atomic mass is 16.5. The van der Waals surface area contributed by atoms with Crippen molar-refractivity contribution in [2.24, 2.45) is 4.99 Å². The first-order valence-corrected chi connectivity index (χ1v) is 3.31. The summed E-state index contributed by atoms with van der Waals surface area (Å²) in [7, 11) is 0. The van der Waals surface area contributed by atoms with E-state index in [1.807, 2.05) is 12.2 Å². The van der Waals surface area contributed by atoms with Gasteiger partial charge in [0.05, 0.1) is 18.2 Å². The summed E-state index contributed by atoms with van der Waals surface area (Å²) >= 11 is 0. The third kappa shape index (κ3) is 0.719. The van der Waals surface area contributed by atoms with Gasteiger partial charge in [0.15, 0.2) is 0 Å². The molecular weight excluding hydrogens is 130 g/mol. The number of hydrogen-bond acceptors (Lipinski definition) is 3. The Labute approximate surface area is 58.4 Å². The maximum absolute atomic E-state index is 9.87. The quantitative estimate of drug-likeness (QED) is 0.298. The second-order valence-electron chi connectivity index (χ2n) is 2.55. The molecule has 0 aromatic rings. The van der Waals surface area contributed by atoms with Crippen molar-refractivity contribution in [3.63, 3.8) is 0 Å². The second-order valence-corrected chi connectivity index (χ2v) is 2.55. The largest absolute Gasteiger partial charge is 0.364 e. The Kier molecular flexibility index (Phi) is 1.19. The standard InChI is InChI=1S/C7H7NO2/c9-4-8-6-3-5-1-2-7(6)10-5/h1-2,5-7H,3H2. The number of aliphatic imine (C=N–C) groups is 1. The lowest BCUT2D eigenvalue weighted by atomic mass is 10.0. The molecule has 0 spiro atoms. The van der Waals surface area contributed by atoms with E-state index in [1.54, 1.807) is 6.08 Å². The molecule has 2 rings (SSSR count). The molecule has 0 radical (unpaired) electrons. The molecule has 2 heterocycles. The first-order chi connectivity index (χ1) is 4.90. The maximum atomic E-state index is 9.87. The van der Waals surface area contributed by atoms with Gasteiger partial charge in [-0.3, -0.25) is 0 Å². The van der Waals surface area contributed by atoms with Gasteiger partial charge in [-0.25, -0.2) is 4.79 Å². The van der Waals surface area contributed by atoms with E-state index >= 15 is 0 Å². The van der Waals surface area contributed by atoms with Crippen molar-refractivity contribution < 1.29 is 9.53 Å². The van der Waals surface area contributed by atoms with E-state index in [-0.39, 0.29) is 18.2 Å². The van der Waals surface area contributed by atoms with Crippen molar-refractivity contribution in [3.05, 3.63) is 12.2 Å². The summed E-state index contributed by atoms with van der Waals surface area (Å²) in [5, 5.41) is 0. The van der Waals surface area contributed by atoms with Crippen molar-refractivity contribution in [2.75, 3.05) is 0 Å². The van der Waals surface area contributed by atoms with Gasteiger partial charge in [-0.05, 0) is 0 Å². The van der Waals surface area contributed by atoms with Gasteiger partial charge in [0, 0.05) is 6.42 Å². The van der Waals surface area contributed by atoms with E-state index in [0.29, 0.717) is 0 Å². The van der Waals surface area contributed by atoms with Crippen LogP contribution in [-0.2, 0) is 9.53 Å². The fraction of sp³-hybridized carbons (Fsp3) is 0.571. The highest BCUT2D eigenvalue weighted by Crippen LogP contribution is 2.30. The van der Waals surface area contributed by atoms with Crippen LogP contribution in [0.5, 0.6) is 0 Å². The summed E-state index contributed by atoms with van der Waals surface area (Å²) < 4.78 is 5.35. The summed E-state index contributed by atoms with van der Waals surface area (Å²) in [6.45, 7) is 0. The second kappa shape index (κ2) is 2.04. The van der Waals surface area contributed by atoms with Crippen LogP contribution in [0.2, 0.25) is 0 Å². The molecule has 2 aliphatic heterocycles. The van der Waals surface area contributed by atoms with Gasteiger partial charge in [-0.1, -0.05) is 12.2 Å². The van der Waals surface area contributed by atoms with Gasteiger partial charge in [-0.15, -0.1) is 0 Å². The topological polar surface area (TPSA) is 38.7 Å². The third-order valence-corrected chi connectivity index (χ3v) is 1.92. The number of hydrogen-bond donors (Lipinski definition) is 0. The van der Waals surface area contributed by atoms with Crippen LogP contribution in [0.25, 0.3) is 0 Å². The van der Waals surface area contributed by atoms with Gasteiger partial charge < -0.3 is 4.74 Å². The highest BCUT2D eigenvalue weighted by Gasteiger charge is 2.36. The number of ether oxygens (including phenoxy) is 1. The van der Waals surface area contributed by atoms with E-state index in [1.165, 1.54) is 0 Å². The molecule has 0 N–H and O–H groups in total. The minimum Gasteiger partial charge on any atom is -0.364 e. The lowest BCUT2D eigenvalue weighted by molar-refractivity contribution is 0.117. The van der Waals surface area contributed by atoms with E-state index in [0.717, 1.165) is 6.42 Å². The predicted molar refractivity (Wildman–Crippen MR) is 34.3 cm³/mol. The van der Waals surface area contributed by atoms with Gasteiger partial charge >= 0.3 is 0 Å². The molecule has 2 aliphatic rings. The van der Waals surface area contributed by atoms with Crippen LogP contribution in [0.3, 0.4) is 0 Å². The van der Waals surface area contributed by atoms with Crippen LogP contribution in [0.4, 0.5) is 0 Å². The molecule has 52 valence electrons. The summed E-state index contributed by atoms with van der Waals surface area (Å²) in [6.07, 6.45) is 6.62. The summed E-state index contributed by atoms with van der Waals surface area (Å²) in [5.74, 6) is 0. The SMILES string of the molecule is O=C=NC1CC2C=CC1O2. The van der Waals surface area contributed by atoms with Crippen LogP contribution in [0.15, 0.2) is 17.1 Å². The monoisotopic (exact) mass is 137 g/mol. The molecule has 3 unspecified atom stereocenters. The average Bonchev–Trinajstić information content (AvgIpc) is 2.48. The number of isocyanates is 1. The molecule has 2 bridgehead atoms. The van der Waals surface area contributed by atoms with E-state index in [9.17, 15) is 4.79 Å². The van der Waals surface area contributed by atoms with E-state index in [2.05, 4.69) is 4.99 Å². The first-order valence-electron chi connectivity index (χ1n) is 3.31. The zero-order valence-electron chi connectivity index (χ0n) is 5.36. The molecule has 0 saturated carbocycles. The lowest BCUT2D eigenvalue weighted by Crippen LogP contribution is -2.16. The molecule has 0 aromatic carbocycles. The number of carbonyl (C=O) groups excluding carboxylic acids is 1. The molecule has 10 heavy (non-hydrogen) atoms.